The third kappa shape index (κ3) is 4.75. The molecule has 2 saturated heterocycles. The van der Waals surface area contributed by atoms with Gasteiger partial charge in [-0.15, -0.1) is 0 Å². The van der Waals surface area contributed by atoms with Gasteiger partial charge in [0.15, 0.2) is 0 Å². The normalized spacial score (nSPS) is 19.3. The lowest BCUT2D eigenvalue weighted by molar-refractivity contribution is -0.124. The van der Waals surface area contributed by atoms with Crippen molar-refractivity contribution in [2.75, 3.05) is 42.6 Å². The molecule has 2 aliphatic heterocycles. The number of nitrogens with one attached hydrogen (secondary N) is 2. The zero-order valence-corrected chi connectivity index (χ0v) is 19.2. The molecule has 3 heterocycles. The Bertz CT molecular complexity index is 1120. The van der Waals surface area contributed by atoms with E-state index in [0.717, 1.165) is 12.8 Å². The van der Waals surface area contributed by atoms with Gasteiger partial charge in [0.1, 0.15) is 30.0 Å². The number of halogens is 1. The molecule has 0 radical (unpaired) electrons. The summed E-state index contributed by atoms with van der Waals surface area (Å²) in [5.74, 6) is -0.725. The summed E-state index contributed by atoms with van der Waals surface area (Å²) in [5.41, 5.74) is 0.389. The summed E-state index contributed by atoms with van der Waals surface area (Å²) in [6.07, 6.45) is 6.45. The zero-order valence-electron chi connectivity index (χ0n) is 19.2. The van der Waals surface area contributed by atoms with Gasteiger partial charge in [0, 0.05) is 32.0 Å². The van der Waals surface area contributed by atoms with Crippen LogP contribution in [0.25, 0.3) is 0 Å². The van der Waals surface area contributed by atoms with Crippen molar-refractivity contribution in [3.63, 3.8) is 0 Å². The summed E-state index contributed by atoms with van der Waals surface area (Å²) in [6, 6.07) is 4.82. The molecule has 3 amide bonds. The number of nitrogens with zero attached hydrogens (tertiary/aromatic N) is 4. The van der Waals surface area contributed by atoms with E-state index < -0.39 is 17.4 Å². The lowest BCUT2D eigenvalue weighted by Gasteiger charge is -2.35. The summed E-state index contributed by atoms with van der Waals surface area (Å²) >= 11 is 0. The maximum Gasteiger partial charge on any atom is 0.414 e. The smallest absolute Gasteiger partial charge is 0.414 e. The number of benzene rings is 1. The minimum absolute atomic E-state index is 0.176. The molecule has 0 spiro atoms. The van der Waals surface area contributed by atoms with Crippen LogP contribution in [0.3, 0.4) is 0 Å². The molecule has 0 bridgehead atoms. The van der Waals surface area contributed by atoms with E-state index in [-0.39, 0.29) is 30.0 Å². The van der Waals surface area contributed by atoms with E-state index in [1.54, 1.807) is 6.07 Å². The number of carbonyl (C=O) groups is 3. The molecule has 3 aliphatic rings. The van der Waals surface area contributed by atoms with Crippen LogP contribution in [0.15, 0.2) is 36.9 Å². The van der Waals surface area contributed by atoms with Gasteiger partial charge in [-0.2, -0.15) is 0 Å². The van der Waals surface area contributed by atoms with E-state index >= 15 is 0 Å². The van der Waals surface area contributed by atoms with Gasteiger partial charge in [-0.25, -0.2) is 19.2 Å². The van der Waals surface area contributed by atoms with Crippen molar-refractivity contribution in [3.05, 3.63) is 48.3 Å². The summed E-state index contributed by atoms with van der Waals surface area (Å²) < 4.78 is 19.7. The Hall–Kier alpha value is -3.76. The lowest BCUT2D eigenvalue weighted by atomic mass is 9.96. The van der Waals surface area contributed by atoms with Crippen molar-refractivity contribution >= 4 is 29.3 Å². The van der Waals surface area contributed by atoms with Crippen molar-refractivity contribution in [1.82, 2.24) is 20.6 Å². The van der Waals surface area contributed by atoms with E-state index in [1.807, 2.05) is 6.07 Å². The molecule has 0 atom stereocenters. The van der Waals surface area contributed by atoms with Crippen LogP contribution >= 0.6 is 0 Å². The number of piperidine rings is 1. The molecule has 5 rings (SSSR count). The van der Waals surface area contributed by atoms with Crippen LogP contribution < -0.4 is 20.4 Å². The van der Waals surface area contributed by atoms with E-state index in [9.17, 15) is 18.8 Å². The molecule has 1 aromatic heterocycles. The maximum absolute atomic E-state index is 14.7. The maximum atomic E-state index is 14.7. The van der Waals surface area contributed by atoms with E-state index in [1.165, 1.54) is 29.7 Å². The Morgan fingerprint density at radius 3 is 2.54 bits per heavy atom. The quantitative estimate of drug-likeness (QED) is 0.619. The average molecular weight is 483 g/mol. The second-order valence-electron chi connectivity index (χ2n) is 9.18. The van der Waals surface area contributed by atoms with Crippen LogP contribution in [-0.2, 0) is 9.53 Å². The van der Waals surface area contributed by atoms with Gasteiger partial charge in [-0.05, 0) is 43.7 Å². The van der Waals surface area contributed by atoms with Crippen molar-refractivity contribution in [2.24, 2.45) is 5.92 Å². The van der Waals surface area contributed by atoms with Crippen molar-refractivity contribution in [2.45, 2.75) is 31.2 Å². The van der Waals surface area contributed by atoms with Crippen molar-refractivity contribution < 1.29 is 23.5 Å². The van der Waals surface area contributed by atoms with Crippen molar-refractivity contribution in [3.8, 4) is 0 Å². The number of ether oxygens (including phenoxy) is 1. The second kappa shape index (κ2) is 9.47. The zero-order chi connectivity index (χ0) is 24.4. The molecule has 1 aliphatic carbocycles. The SMILES string of the molecule is O=C(NC1(C(=O)NCC2CCN(c3cccc(F)c3N3CCOC3=O)CC2)CC1)c1cncnc1. The highest BCUT2D eigenvalue weighted by molar-refractivity contribution is 6.00. The summed E-state index contributed by atoms with van der Waals surface area (Å²) in [5, 5.41) is 5.83. The highest BCUT2D eigenvalue weighted by atomic mass is 19.1. The molecule has 0 unspecified atom stereocenters. The van der Waals surface area contributed by atoms with Gasteiger partial charge in [-0.3, -0.25) is 14.5 Å². The highest BCUT2D eigenvalue weighted by Gasteiger charge is 2.51. The highest BCUT2D eigenvalue weighted by Crippen LogP contribution is 2.37. The number of amides is 3. The summed E-state index contributed by atoms with van der Waals surface area (Å²) in [6.45, 7) is 2.43. The summed E-state index contributed by atoms with van der Waals surface area (Å²) in [7, 11) is 0. The lowest BCUT2D eigenvalue weighted by Crippen LogP contribution is -2.50. The number of rotatable bonds is 7. The Morgan fingerprint density at radius 1 is 1.14 bits per heavy atom. The van der Waals surface area contributed by atoms with Crippen LogP contribution in [0.5, 0.6) is 0 Å². The average Bonchev–Trinajstić information content (AvgIpc) is 3.55. The number of hydrogen-bond donors (Lipinski definition) is 2. The Labute approximate surface area is 201 Å². The van der Waals surface area contributed by atoms with Crippen LogP contribution in [0.1, 0.15) is 36.0 Å². The third-order valence-electron chi connectivity index (χ3n) is 6.86. The Kier molecular flexibility index (Phi) is 6.23. The van der Waals surface area contributed by atoms with E-state index in [0.29, 0.717) is 50.3 Å². The van der Waals surface area contributed by atoms with Crippen LogP contribution in [0.2, 0.25) is 0 Å². The van der Waals surface area contributed by atoms with E-state index in [4.69, 9.17) is 4.74 Å². The van der Waals surface area contributed by atoms with Gasteiger partial charge < -0.3 is 20.3 Å². The predicted molar refractivity (Wildman–Crippen MR) is 125 cm³/mol. The van der Waals surface area contributed by atoms with Gasteiger partial charge in [0.25, 0.3) is 5.91 Å². The first-order valence-corrected chi connectivity index (χ1v) is 11.8. The molecule has 2 aromatic rings. The molecule has 3 fully saturated rings. The minimum atomic E-state index is -0.867. The number of para-hydroxylation sites is 1. The first-order valence-electron chi connectivity index (χ1n) is 11.8. The third-order valence-corrected chi connectivity index (χ3v) is 6.86. The number of cyclic esters (lactones) is 1. The van der Waals surface area contributed by atoms with Gasteiger partial charge in [0.05, 0.1) is 17.8 Å². The Balaban J connectivity index is 1.15. The van der Waals surface area contributed by atoms with Gasteiger partial charge >= 0.3 is 6.09 Å². The molecule has 184 valence electrons. The molecule has 35 heavy (non-hydrogen) atoms. The van der Waals surface area contributed by atoms with Crippen LogP contribution in [-0.4, -0.2) is 66.2 Å². The van der Waals surface area contributed by atoms with Crippen LogP contribution in [0.4, 0.5) is 20.6 Å². The molecule has 1 saturated carbocycles. The first-order chi connectivity index (χ1) is 17.0. The second-order valence-corrected chi connectivity index (χ2v) is 9.18. The molecular weight excluding hydrogens is 455 g/mol. The Morgan fingerprint density at radius 2 is 1.89 bits per heavy atom. The predicted octanol–water partition coefficient (Wildman–Crippen LogP) is 1.87. The molecule has 2 N–H and O–H groups in total. The number of hydrogen-bond acceptors (Lipinski definition) is 7. The van der Waals surface area contributed by atoms with Gasteiger partial charge in [-0.1, -0.05) is 6.07 Å². The van der Waals surface area contributed by atoms with Crippen LogP contribution in [0, 0.1) is 11.7 Å². The van der Waals surface area contributed by atoms with Crippen molar-refractivity contribution in [1.29, 1.82) is 0 Å². The molecule has 10 nitrogen and oxygen atoms in total. The molecule has 11 heteroatoms. The number of carbonyl (C=O) groups excluding carboxylic acids is 3. The minimum Gasteiger partial charge on any atom is -0.447 e. The number of anilines is 2. The fraction of sp³-hybridized carbons (Fsp3) is 0.458. The fourth-order valence-corrected chi connectivity index (χ4v) is 4.65. The molecular formula is C24H27FN6O4. The largest absolute Gasteiger partial charge is 0.447 e. The molecule has 1 aromatic carbocycles. The van der Waals surface area contributed by atoms with E-state index in [2.05, 4.69) is 25.5 Å². The first kappa shape index (κ1) is 23.0. The standard InChI is InChI=1S/C24H27FN6O4/c25-18-2-1-3-19(20(18)31-10-11-35-23(31)34)30-8-4-16(5-9-30)12-28-22(33)24(6-7-24)29-21(32)17-13-26-15-27-14-17/h1-3,13-16H,4-12H2,(H,28,33)(H,29,32). The summed E-state index contributed by atoms with van der Waals surface area (Å²) in [4.78, 5) is 48.4. The number of aromatic nitrogens is 2. The fourth-order valence-electron chi connectivity index (χ4n) is 4.65. The monoisotopic (exact) mass is 482 g/mol. The van der Waals surface area contributed by atoms with Gasteiger partial charge in [0.2, 0.25) is 5.91 Å². The topological polar surface area (TPSA) is 117 Å².